The molecule has 0 radical (unpaired) electrons. The van der Waals surface area contributed by atoms with Crippen molar-refractivity contribution in [3.05, 3.63) is 29.8 Å². The number of hydrogen-bond acceptors (Lipinski definition) is 4. The lowest BCUT2D eigenvalue weighted by Gasteiger charge is -2.12. The Hall–Kier alpha value is -1.88. The fraction of sp³-hybridized carbons (Fsp3) is 0.385. The Balaban J connectivity index is 2.84. The molecule has 0 aliphatic heterocycles. The van der Waals surface area contributed by atoms with E-state index in [9.17, 15) is 9.59 Å². The second-order valence-electron chi connectivity index (χ2n) is 4.12. The van der Waals surface area contributed by atoms with Gasteiger partial charge in [0.25, 0.3) is 0 Å². The van der Waals surface area contributed by atoms with Gasteiger partial charge in [0.2, 0.25) is 0 Å². The summed E-state index contributed by atoms with van der Waals surface area (Å²) in [5.74, 6) is -1.01. The van der Waals surface area contributed by atoms with Crippen LogP contribution in [0.25, 0.3) is 0 Å². The Morgan fingerprint density at radius 2 is 1.78 bits per heavy atom. The van der Waals surface area contributed by atoms with Gasteiger partial charge in [-0.2, -0.15) is 0 Å². The zero-order valence-corrected chi connectivity index (χ0v) is 10.6. The van der Waals surface area contributed by atoms with Gasteiger partial charge in [-0.3, -0.25) is 9.59 Å². The van der Waals surface area contributed by atoms with Crippen molar-refractivity contribution in [1.29, 1.82) is 0 Å². The summed E-state index contributed by atoms with van der Waals surface area (Å²) in [7, 11) is 1.44. The first-order valence-electron chi connectivity index (χ1n) is 5.66. The van der Waals surface area contributed by atoms with Gasteiger partial charge < -0.3 is 15.2 Å². The molecule has 0 aliphatic rings. The maximum Gasteiger partial charge on any atom is 0.328 e. The molecule has 0 aromatic heterocycles. The molecule has 18 heavy (non-hydrogen) atoms. The van der Waals surface area contributed by atoms with Crippen LogP contribution < -0.4 is 10.1 Å². The van der Waals surface area contributed by atoms with Crippen molar-refractivity contribution in [1.82, 2.24) is 5.32 Å². The van der Waals surface area contributed by atoms with E-state index in [1.165, 1.54) is 7.05 Å². The average Bonchev–Trinajstić information content (AvgIpc) is 2.29. The highest BCUT2D eigenvalue weighted by molar-refractivity contribution is 6.11. The molecule has 1 atom stereocenters. The van der Waals surface area contributed by atoms with Crippen LogP contribution in [0.3, 0.4) is 0 Å². The van der Waals surface area contributed by atoms with Gasteiger partial charge >= 0.3 is 5.97 Å². The Bertz CT molecular complexity index is 425. The SMILES string of the molecule is CNC(C(=O)O)C(=O)c1ccc(OC(C)C)cc1. The summed E-state index contributed by atoms with van der Waals surface area (Å²) in [6, 6.07) is 5.21. The van der Waals surface area contributed by atoms with Gasteiger partial charge in [0.15, 0.2) is 11.8 Å². The lowest BCUT2D eigenvalue weighted by Crippen LogP contribution is -2.41. The van der Waals surface area contributed by atoms with E-state index in [4.69, 9.17) is 9.84 Å². The second kappa shape index (κ2) is 6.16. The van der Waals surface area contributed by atoms with Crippen molar-refractivity contribution in [3.63, 3.8) is 0 Å². The van der Waals surface area contributed by atoms with Gasteiger partial charge in [-0.15, -0.1) is 0 Å². The van der Waals surface area contributed by atoms with E-state index in [-0.39, 0.29) is 6.10 Å². The third-order valence-corrected chi connectivity index (χ3v) is 2.31. The monoisotopic (exact) mass is 251 g/mol. The van der Waals surface area contributed by atoms with E-state index >= 15 is 0 Å². The fourth-order valence-corrected chi connectivity index (χ4v) is 1.50. The number of carboxylic acids is 1. The van der Waals surface area contributed by atoms with Gasteiger partial charge in [-0.1, -0.05) is 0 Å². The zero-order valence-electron chi connectivity index (χ0n) is 10.6. The van der Waals surface area contributed by atoms with Crippen molar-refractivity contribution in [3.8, 4) is 5.75 Å². The lowest BCUT2D eigenvalue weighted by atomic mass is 10.0. The Labute approximate surface area is 106 Å². The molecule has 0 saturated heterocycles. The predicted octanol–water partition coefficient (Wildman–Crippen LogP) is 1.33. The van der Waals surface area contributed by atoms with Crippen LogP contribution in [0.5, 0.6) is 5.75 Å². The second-order valence-corrected chi connectivity index (χ2v) is 4.12. The molecule has 0 fully saturated rings. The molecule has 1 unspecified atom stereocenters. The molecule has 2 N–H and O–H groups in total. The number of ether oxygens (including phenoxy) is 1. The Kier molecular flexibility index (Phi) is 4.85. The largest absolute Gasteiger partial charge is 0.491 e. The van der Waals surface area contributed by atoms with Gasteiger partial charge in [0.1, 0.15) is 5.75 Å². The number of carbonyl (C=O) groups excluding carboxylic acids is 1. The number of hydrogen-bond donors (Lipinski definition) is 2. The molecule has 1 aromatic carbocycles. The number of aliphatic carboxylic acids is 1. The molecule has 0 bridgehead atoms. The van der Waals surface area contributed by atoms with Gasteiger partial charge in [-0.05, 0) is 45.2 Å². The number of benzene rings is 1. The first kappa shape index (κ1) is 14.2. The smallest absolute Gasteiger partial charge is 0.328 e. The average molecular weight is 251 g/mol. The van der Waals surface area contributed by atoms with Gasteiger partial charge in [0.05, 0.1) is 6.10 Å². The summed E-state index contributed by atoms with van der Waals surface area (Å²) in [4.78, 5) is 22.7. The molecule has 0 spiro atoms. The van der Waals surface area contributed by atoms with E-state index < -0.39 is 17.8 Å². The van der Waals surface area contributed by atoms with E-state index in [0.29, 0.717) is 11.3 Å². The summed E-state index contributed by atoms with van der Waals surface area (Å²) < 4.78 is 5.44. The van der Waals surface area contributed by atoms with E-state index in [1.54, 1.807) is 24.3 Å². The van der Waals surface area contributed by atoms with Crippen molar-refractivity contribution < 1.29 is 19.4 Å². The number of ketones is 1. The molecule has 5 nitrogen and oxygen atoms in total. The van der Waals surface area contributed by atoms with Crippen LogP contribution in [0.2, 0.25) is 0 Å². The van der Waals surface area contributed by atoms with E-state index in [0.717, 1.165) is 0 Å². The van der Waals surface area contributed by atoms with Crippen molar-refractivity contribution in [2.24, 2.45) is 0 Å². The maximum atomic E-state index is 11.9. The molecule has 1 aromatic rings. The maximum absolute atomic E-state index is 11.9. The van der Waals surface area contributed by atoms with Crippen LogP contribution in [0.15, 0.2) is 24.3 Å². The summed E-state index contributed by atoms with van der Waals surface area (Å²) in [5, 5.41) is 11.3. The minimum Gasteiger partial charge on any atom is -0.491 e. The van der Waals surface area contributed by atoms with Gasteiger partial charge in [-0.25, -0.2) is 0 Å². The van der Waals surface area contributed by atoms with Crippen LogP contribution in [0.4, 0.5) is 0 Å². The number of carboxylic acid groups (broad SMARTS) is 1. The molecule has 0 amide bonds. The molecule has 0 aliphatic carbocycles. The summed E-state index contributed by atoms with van der Waals surface area (Å²) in [5.41, 5.74) is 0.341. The summed E-state index contributed by atoms with van der Waals surface area (Å²) in [6.07, 6.45) is 0.0515. The molecular weight excluding hydrogens is 234 g/mol. The van der Waals surface area contributed by atoms with Crippen LogP contribution in [-0.4, -0.2) is 36.1 Å². The normalized spacial score (nSPS) is 12.2. The number of Topliss-reactive ketones (excluding diaryl/α,β-unsaturated/α-hetero) is 1. The Morgan fingerprint density at radius 3 is 2.17 bits per heavy atom. The third kappa shape index (κ3) is 3.56. The summed E-state index contributed by atoms with van der Waals surface area (Å²) >= 11 is 0. The van der Waals surface area contributed by atoms with Crippen molar-refractivity contribution in [2.45, 2.75) is 26.0 Å². The number of nitrogens with one attached hydrogen (secondary N) is 1. The first-order valence-corrected chi connectivity index (χ1v) is 5.66. The van der Waals surface area contributed by atoms with Crippen LogP contribution in [0.1, 0.15) is 24.2 Å². The Morgan fingerprint density at radius 1 is 1.22 bits per heavy atom. The third-order valence-electron chi connectivity index (χ3n) is 2.31. The lowest BCUT2D eigenvalue weighted by molar-refractivity contribution is -0.137. The molecule has 5 heteroatoms. The zero-order chi connectivity index (χ0) is 13.7. The van der Waals surface area contributed by atoms with Crippen molar-refractivity contribution in [2.75, 3.05) is 7.05 Å². The molecule has 0 saturated carbocycles. The van der Waals surface area contributed by atoms with Crippen LogP contribution >= 0.6 is 0 Å². The minimum atomic E-state index is -1.22. The van der Waals surface area contributed by atoms with Crippen LogP contribution in [0, 0.1) is 0 Å². The summed E-state index contributed by atoms with van der Waals surface area (Å²) in [6.45, 7) is 3.81. The topological polar surface area (TPSA) is 75.6 Å². The number of carbonyl (C=O) groups is 2. The number of rotatable bonds is 6. The first-order chi connectivity index (χ1) is 8.45. The quantitative estimate of drug-likeness (QED) is 0.589. The number of likely N-dealkylation sites (N-methyl/N-ethyl adjacent to an activating group) is 1. The molecule has 1 rings (SSSR count). The molecular formula is C13H17NO4. The highest BCUT2D eigenvalue weighted by atomic mass is 16.5. The van der Waals surface area contributed by atoms with Gasteiger partial charge in [0, 0.05) is 5.56 Å². The van der Waals surface area contributed by atoms with Crippen LogP contribution in [-0.2, 0) is 4.79 Å². The molecule has 0 heterocycles. The molecule has 98 valence electrons. The highest BCUT2D eigenvalue weighted by Crippen LogP contribution is 2.15. The highest BCUT2D eigenvalue weighted by Gasteiger charge is 2.25. The van der Waals surface area contributed by atoms with E-state index in [1.807, 2.05) is 13.8 Å². The minimum absolute atomic E-state index is 0.0515. The van der Waals surface area contributed by atoms with E-state index in [2.05, 4.69) is 5.32 Å². The predicted molar refractivity (Wildman–Crippen MR) is 67.0 cm³/mol. The fourth-order valence-electron chi connectivity index (χ4n) is 1.50. The standard InChI is InChI=1S/C13H17NO4/c1-8(2)18-10-6-4-9(5-7-10)12(15)11(14-3)13(16)17/h4-8,11,14H,1-3H3,(H,16,17). The van der Waals surface area contributed by atoms with Crippen molar-refractivity contribution >= 4 is 11.8 Å².